The molecule has 98 valence electrons. The second kappa shape index (κ2) is 6.64. The molecule has 0 heterocycles. The Kier molecular flexibility index (Phi) is 5.17. The molecular formula is C13H16O5. The molecule has 5 heteroatoms. The van der Waals surface area contributed by atoms with Crippen molar-refractivity contribution in [3.63, 3.8) is 0 Å². The van der Waals surface area contributed by atoms with Crippen LogP contribution in [-0.2, 0) is 4.79 Å². The fourth-order valence-corrected chi connectivity index (χ4v) is 1.38. The lowest BCUT2D eigenvalue weighted by molar-refractivity contribution is -0.134. The van der Waals surface area contributed by atoms with E-state index < -0.39 is 5.97 Å². The third-order valence-corrected chi connectivity index (χ3v) is 2.37. The Bertz CT molecular complexity index is 439. The molecule has 0 aliphatic carbocycles. The lowest BCUT2D eigenvalue weighted by Gasteiger charge is -2.09. The van der Waals surface area contributed by atoms with Crippen LogP contribution < -0.4 is 9.47 Å². The summed E-state index contributed by atoms with van der Waals surface area (Å²) in [4.78, 5) is 22.2. The van der Waals surface area contributed by atoms with Gasteiger partial charge in [0.15, 0.2) is 11.5 Å². The Hall–Kier alpha value is -2.04. The monoisotopic (exact) mass is 252 g/mol. The molecule has 0 spiro atoms. The summed E-state index contributed by atoms with van der Waals surface area (Å²) in [7, 11) is 1.39. The van der Waals surface area contributed by atoms with Gasteiger partial charge >= 0.3 is 11.9 Å². The number of carbonyl (C=O) groups is 2. The van der Waals surface area contributed by atoms with E-state index in [2.05, 4.69) is 0 Å². The summed E-state index contributed by atoms with van der Waals surface area (Å²) in [5.74, 6) is -0.932. The third kappa shape index (κ3) is 3.76. The van der Waals surface area contributed by atoms with Gasteiger partial charge in [0.05, 0.1) is 12.7 Å². The highest BCUT2D eigenvalue weighted by Crippen LogP contribution is 2.28. The molecule has 1 aromatic rings. The maximum atomic E-state index is 11.5. The van der Waals surface area contributed by atoms with Crippen LogP contribution in [0.4, 0.5) is 0 Å². The van der Waals surface area contributed by atoms with Gasteiger partial charge in [0.25, 0.3) is 0 Å². The average Bonchev–Trinajstić information content (AvgIpc) is 2.36. The van der Waals surface area contributed by atoms with Crippen LogP contribution in [0, 0.1) is 0 Å². The maximum Gasteiger partial charge on any atom is 0.335 e. The first-order chi connectivity index (χ1) is 8.58. The van der Waals surface area contributed by atoms with Gasteiger partial charge in [-0.2, -0.15) is 0 Å². The summed E-state index contributed by atoms with van der Waals surface area (Å²) in [6.45, 7) is 1.98. The van der Waals surface area contributed by atoms with Crippen LogP contribution in [0.25, 0.3) is 0 Å². The molecule has 0 saturated heterocycles. The van der Waals surface area contributed by atoms with Crippen molar-refractivity contribution in [2.75, 3.05) is 7.11 Å². The lowest BCUT2D eigenvalue weighted by atomic mass is 10.2. The number of carboxylic acids is 1. The molecule has 0 saturated carbocycles. The highest BCUT2D eigenvalue weighted by atomic mass is 16.6. The summed E-state index contributed by atoms with van der Waals surface area (Å²) in [5.41, 5.74) is 0.0835. The van der Waals surface area contributed by atoms with Crippen molar-refractivity contribution in [3.8, 4) is 11.5 Å². The molecule has 18 heavy (non-hydrogen) atoms. The van der Waals surface area contributed by atoms with Crippen LogP contribution >= 0.6 is 0 Å². The summed E-state index contributed by atoms with van der Waals surface area (Å²) in [6.07, 6.45) is 2.00. The zero-order valence-electron chi connectivity index (χ0n) is 10.4. The number of ether oxygens (including phenoxy) is 2. The van der Waals surface area contributed by atoms with Crippen LogP contribution in [0.5, 0.6) is 11.5 Å². The summed E-state index contributed by atoms with van der Waals surface area (Å²) < 4.78 is 10.1. The molecule has 0 atom stereocenters. The lowest BCUT2D eigenvalue weighted by Crippen LogP contribution is -2.08. The number of esters is 1. The summed E-state index contributed by atoms with van der Waals surface area (Å²) in [6, 6.07) is 4.12. The van der Waals surface area contributed by atoms with Gasteiger partial charge in [-0.25, -0.2) is 4.79 Å². The third-order valence-electron chi connectivity index (χ3n) is 2.37. The Labute approximate surface area is 105 Å². The minimum absolute atomic E-state index is 0.0835. The molecule has 0 fully saturated rings. The molecule has 0 aliphatic heterocycles. The molecule has 1 aromatic carbocycles. The largest absolute Gasteiger partial charge is 0.493 e. The fourth-order valence-electron chi connectivity index (χ4n) is 1.38. The van der Waals surface area contributed by atoms with Crippen molar-refractivity contribution < 1.29 is 24.2 Å². The number of carboxylic acid groups (broad SMARTS) is 1. The maximum absolute atomic E-state index is 11.5. The Morgan fingerprint density at radius 1 is 1.28 bits per heavy atom. The van der Waals surface area contributed by atoms with E-state index in [0.29, 0.717) is 6.42 Å². The van der Waals surface area contributed by atoms with Gasteiger partial charge < -0.3 is 14.6 Å². The second-order valence-corrected chi connectivity index (χ2v) is 3.75. The van der Waals surface area contributed by atoms with E-state index in [-0.39, 0.29) is 23.0 Å². The summed E-state index contributed by atoms with van der Waals surface area (Å²) in [5, 5.41) is 8.83. The number of hydrogen-bond donors (Lipinski definition) is 1. The van der Waals surface area contributed by atoms with Crippen molar-refractivity contribution in [3.05, 3.63) is 23.8 Å². The van der Waals surface area contributed by atoms with Gasteiger partial charge in [0.1, 0.15) is 0 Å². The molecule has 1 N–H and O–H groups in total. The van der Waals surface area contributed by atoms with E-state index in [1.807, 2.05) is 6.92 Å². The minimum Gasteiger partial charge on any atom is -0.493 e. The standard InChI is InChI=1S/C13H16O5/c1-3-4-5-12(14)18-10-7-6-9(13(15)16)8-11(10)17-2/h6-8H,3-5H2,1-2H3,(H,15,16). The van der Waals surface area contributed by atoms with E-state index in [1.165, 1.54) is 25.3 Å². The Morgan fingerprint density at radius 3 is 2.56 bits per heavy atom. The van der Waals surface area contributed by atoms with Crippen LogP contribution in [0.1, 0.15) is 36.5 Å². The zero-order chi connectivity index (χ0) is 13.5. The van der Waals surface area contributed by atoms with E-state index in [4.69, 9.17) is 14.6 Å². The molecule has 5 nitrogen and oxygen atoms in total. The fraction of sp³-hybridized carbons (Fsp3) is 0.385. The number of aromatic carboxylic acids is 1. The molecule has 0 amide bonds. The Morgan fingerprint density at radius 2 is 2.00 bits per heavy atom. The number of unbranched alkanes of at least 4 members (excludes halogenated alkanes) is 1. The normalized spacial score (nSPS) is 9.89. The molecule has 0 radical (unpaired) electrons. The number of methoxy groups -OCH3 is 1. The number of benzene rings is 1. The van der Waals surface area contributed by atoms with Crippen LogP contribution in [0.15, 0.2) is 18.2 Å². The van der Waals surface area contributed by atoms with Gasteiger partial charge in [-0.05, 0) is 24.6 Å². The number of rotatable bonds is 6. The number of carbonyl (C=O) groups excluding carboxylic acids is 1. The predicted octanol–water partition coefficient (Wildman–Crippen LogP) is 2.49. The molecule has 0 aromatic heterocycles. The highest BCUT2D eigenvalue weighted by molar-refractivity contribution is 5.88. The first-order valence-electron chi connectivity index (χ1n) is 5.70. The Balaban J connectivity index is 2.82. The van der Waals surface area contributed by atoms with Crippen LogP contribution in [-0.4, -0.2) is 24.2 Å². The first kappa shape index (κ1) is 14.0. The van der Waals surface area contributed by atoms with E-state index in [1.54, 1.807) is 0 Å². The molecule has 0 bridgehead atoms. The predicted molar refractivity (Wildman–Crippen MR) is 65.1 cm³/mol. The van der Waals surface area contributed by atoms with Gasteiger partial charge in [0.2, 0.25) is 0 Å². The van der Waals surface area contributed by atoms with Crippen molar-refractivity contribution in [2.45, 2.75) is 26.2 Å². The molecule has 0 aliphatic rings. The summed E-state index contributed by atoms with van der Waals surface area (Å²) >= 11 is 0. The topological polar surface area (TPSA) is 72.8 Å². The quantitative estimate of drug-likeness (QED) is 0.622. The average molecular weight is 252 g/mol. The second-order valence-electron chi connectivity index (χ2n) is 3.75. The SMILES string of the molecule is CCCCC(=O)Oc1ccc(C(=O)O)cc1OC. The van der Waals surface area contributed by atoms with Gasteiger partial charge in [-0.1, -0.05) is 13.3 Å². The molecule has 0 unspecified atom stereocenters. The van der Waals surface area contributed by atoms with Gasteiger partial charge in [-0.15, -0.1) is 0 Å². The molecule has 1 rings (SSSR count). The van der Waals surface area contributed by atoms with Gasteiger partial charge in [0, 0.05) is 6.42 Å². The van der Waals surface area contributed by atoms with E-state index in [9.17, 15) is 9.59 Å². The minimum atomic E-state index is -1.06. The first-order valence-corrected chi connectivity index (χ1v) is 5.70. The number of hydrogen-bond acceptors (Lipinski definition) is 4. The highest BCUT2D eigenvalue weighted by Gasteiger charge is 2.12. The van der Waals surface area contributed by atoms with Crippen LogP contribution in [0.2, 0.25) is 0 Å². The van der Waals surface area contributed by atoms with Crippen molar-refractivity contribution in [1.82, 2.24) is 0 Å². The van der Waals surface area contributed by atoms with Gasteiger partial charge in [-0.3, -0.25) is 4.79 Å². The van der Waals surface area contributed by atoms with Crippen molar-refractivity contribution in [1.29, 1.82) is 0 Å². The van der Waals surface area contributed by atoms with E-state index >= 15 is 0 Å². The van der Waals surface area contributed by atoms with Crippen LogP contribution in [0.3, 0.4) is 0 Å². The smallest absolute Gasteiger partial charge is 0.335 e. The zero-order valence-corrected chi connectivity index (χ0v) is 10.4. The van der Waals surface area contributed by atoms with E-state index in [0.717, 1.165) is 12.8 Å². The molecular weight excluding hydrogens is 236 g/mol. The van der Waals surface area contributed by atoms with Crippen molar-refractivity contribution >= 4 is 11.9 Å². The van der Waals surface area contributed by atoms with Crippen molar-refractivity contribution in [2.24, 2.45) is 0 Å².